The number of aromatic nitrogens is 5. The third kappa shape index (κ3) is 3.34. The molecule has 0 fully saturated rings. The molecule has 0 saturated heterocycles. The fraction of sp³-hybridized carbons (Fsp3) is 0.158. The summed E-state index contributed by atoms with van der Waals surface area (Å²) in [4.78, 5) is 20.0. The van der Waals surface area contributed by atoms with Gasteiger partial charge in [0.05, 0.1) is 7.11 Å². The first-order valence-corrected chi connectivity index (χ1v) is 8.71. The molecule has 1 aromatic carbocycles. The van der Waals surface area contributed by atoms with E-state index in [0.717, 1.165) is 30.0 Å². The number of rotatable bonds is 5. The van der Waals surface area contributed by atoms with Crippen molar-refractivity contribution in [2.24, 2.45) is 0 Å². The highest BCUT2D eigenvalue weighted by atomic mass is 19.3. The Hall–Kier alpha value is -3.89. The van der Waals surface area contributed by atoms with Gasteiger partial charge in [-0.25, -0.2) is 14.2 Å². The Kier molecular flexibility index (Phi) is 4.65. The standard InChI is InChI=1S/C19H15F3N6O2/c1-10-9-14(27-26-10)23-18-25-17(19(21,22)11-3-5-12(20)6-4-11)24-15-8-7-13(28(15)18)16(29)30-2/h3-9H,1-2H3,(H2,23,24,25,26,27). The smallest absolute Gasteiger partial charge is 0.355 e. The SMILES string of the molecule is COC(=O)c1ccc2nc(C(F)(F)c3ccc(F)cc3)nc(Nc3cc(C)[nH]n3)n12. The molecule has 154 valence electrons. The van der Waals surface area contributed by atoms with Crippen molar-refractivity contribution in [1.82, 2.24) is 24.6 Å². The molecule has 0 spiro atoms. The number of ether oxygens (including phenoxy) is 1. The summed E-state index contributed by atoms with van der Waals surface area (Å²) in [6, 6.07) is 8.19. The maximum atomic E-state index is 15.1. The number of hydrogen-bond acceptors (Lipinski definition) is 6. The van der Waals surface area contributed by atoms with E-state index in [2.05, 4.69) is 25.5 Å². The second-order valence-electron chi connectivity index (χ2n) is 6.42. The first kappa shape index (κ1) is 19.4. The van der Waals surface area contributed by atoms with Crippen molar-refractivity contribution in [3.05, 3.63) is 71.1 Å². The van der Waals surface area contributed by atoms with Crippen LogP contribution in [0.2, 0.25) is 0 Å². The molecular weight excluding hydrogens is 401 g/mol. The van der Waals surface area contributed by atoms with Gasteiger partial charge in [-0.1, -0.05) is 0 Å². The van der Waals surface area contributed by atoms with Crippen molar-refractivity contribution in [1.29, 1.82) is 0 Å². The van der Waals surface area contributed by atoms with Crippen LogP contribution in [0.4, 0.5) is 24.9 Å². The first-order chi connectivity index (χ1) is 14.3. The Morgan fingerprint density at radius 3 is 2.53 bits per heavy atom. The summed E-state index contributed by atoms with van der Waals surface area (Å²) in [6.45, 7) is 1.76. The maximum Gasteiger partial charge on any atom is 0.355 e. The van der Waals surface area contributed by atoms with Crippen LogP contribution in [0.3, 0.4) is 0 Å². The van der Waals surface area contributed by atoms with Crippen LogP contribution in [0.25, 0.3) is 5.65 Å². The van der Waals surface area contributed by atoms with Crippen molar-refractivity contribution in [3.63, 3.8) is 0 Å². The van der Waals surface area contributed by atoms with E-state index in [1.807, 2.05) is 0 Å². The first-order valence-electron chi connectivity index (χ1n) is 8.71. The Labute approximate surface area is 167 Å². The number of nitrogens with one attached hydrogen (secondary N) is 2. The van der Waals surface area contributed by atoms with E-state index in [1.54, 1.807) is 13.0 Å². The van der Waals surface area contributed by atoms with Crippen LogP contribution in [0.5, 0.6) is 0 Å². The monoisotopic (exact) mass is 416 g/mol. The average Bonchev–Trinajstić information content (AvgIpc) is 3.33. The lowest BCUT2D eigenvalue weighted by Crippen LogP contribution is -2.22. The number of alkyl halides is 2. The van der Waals surface area contributed by atoms with Gasteiger partial charge in [0.2, 0.25) is 11.8 Å². The third-order valence-corrected chi connectivity index (χ3v) is 4.33. The van der Waals surface area contributed by atoms with Gasteiger partial charge in [-0.15, -0.1) is 0 Å². The summed E-state index contributed by atoms with van der Waals surface area (Å²) in [5, 5.41) is 9.53. The fourth-order valence-corrected chi connectivity index (χ4v) is 2.89. The van der Waals surface area contributed by atoms with E-state index < -0.39 is 29.1 Å². The molecule has 0 aliphatic heterocycles. The van der Waals surface area contributed by atoms with Crippen molar-refractivity contribution in [3.8, 4) is 0 Å². The van der Waals surface area contributed by atoms with Crippen LogP contribution in [0.1, 0.15) is 27.6 Å². The average molecular weight is 416 g/mol. The number of anilines is 2. The highest BCUT2D eigenvalue weighted by molar-refractivity contribution is 5.89. The number of aromatic amines is 1. The summed E-state index contributed by atoms with van der Waals surface area (Å²) in [5.74, 6) is -5.61. The number of aryl methyl sites for hydroxylation is 1. The van der Waals surface area contributed by atoms with E-state index >= 15 is 8.78 Å². The molecule has 0 unspecified atom stereocenters. The van der Waals surface area contributed by atoms with Crippen molar-refractivity contribution in [2.75, 3.05) is 12.4 Å². The molecule has 2 N–H and O–H groups in total. The van der Waals surface area contributed by atoms with Crippen LogP contribution >= 0.6 is 0 Å². The van der Waals surface area contributed by atoms with E-state index in [9.17, 15) is 9.18 Å². The molecule has 8 nitrogen and oxygen atoms in total. The molecule has 11 heteroatoms. The number of carbonyl (C=O) groups is 1. The molecule has 30 heavy (non-hydrogen) atoms. The number of nitrogens with zero attached hydrogens (tertiary/aromatic N) is 4. The predicted molar refractivity (Wildman–Crippen MR) is 100 cm³/mol. The number of fused-ring (bicyclic) bond motifs is 1. The lowest BCUT2D eigenvalue weighted by atomic mass is 10.1. The molecule has 4 aromatic rings. The molecule has 0 radical (unpaired) electrons. The minimum atomic E-state index is -3.62. The molecule has 0 atom stereocenters. The zero-order valence-corrected chi connectivity index (χ0v) is 15.8. The molecule has 0 saturated carbocycles. The number of hydrogen-bond donors (Lipinski definition) is 2. The van der Waals surface area contributed by atoms with Gasteiger partial charge in [0.25, 0.3) is 0 Å². The van der Waals surface area contributed by atoms with Crippen LogP contribution < -0.4 is 5.32 Å². The van der Waals surface area contributed by atoms with E-state index in [-0.39, 0.29) is 17.3 Å². The molecule has 0 amide bonds. The fourth-order valence-electron chi connectivity index (χ4n) is 2.89. The second kappa shape index (κ2) is 7.17. The quantitative estimate of drug-likeness (QED) is 0.483. The van der Waals surface area contributed by atoms with Gasteiger partial charge in [0.1, 0.15) is 17.2 Å². The highest BCUT2D eigenvalue weighted by Gasteiger charge is 2.39. The van der Waals surface area contributed by atoms with E-state index in [0.29, 0.717) is 5.82 Å². The van der Waals surface area contributed by atoms with Crippen molar-refractivity contribution >= 4 is 23.4 Å². The number of benzene rings is 1. The molecular formula is C19H15F3N6O2. The second-order valence-corrected chi connectivity index (χ2v) is 6.42. The molecule has 0 aliphatic carbocycles. The summed E-state index contributed by atoms with van der Waals surface area (Å²) >= 11 is 0. The molecule has 3 aromatic heterocycles. The minimum absolute atomic E-state index is 0.0388. The summed E-state index contributed by atoms with van der Waals surface area (Å²) in [5.41, 5.74) is 0.325. The Bertz CT molecular complexity index is 1230. The van der Waals surface area contributed by atoms with Gasteiger partial charge in [-0.3, -0.25) is 9.50 Å². The molecule has 0 aliphatic rings. The number of H-pyrrole nitrogens is 1. The molecule has 0 bridgehead atoms. The molecule has 4 rings (SSSR count). The largest absolute Gasteiger partial charge is 0.464 e. The van der Waals surface area contributed by atoms with Crippen LogP contribution in [0.15, 0.2) is 42.5 Å². The van der Waals surface area contributed by atoms with Gasteiger partial charge in [-0.2, -0.15) is 18.9 Å². The van der Waals surface area contributed by atoms with Crippen molar-refractivity contribution in [2.45, 2.75) is 12.8 Å². The van der Waals surface area contributed by atoms with Gasteiger partial charge in [-0.05, 0) is 43.3 Å². The normalized spacial score (nSPS) is 11.6. The van der Waals surface area contributed by atoms with E-state index in [4.69, 9.17) is 4.74 Å². The zero-order chi connectivity index (χ0) is 21.5. The van der Waals surface area contributed by atoms with Gasteiger partial charge in [0.15, 0.2) is 5.82 Å². The Balaban J connectivity index is 1.89. The van der Waals surface area contributed by atoms with Crippen molar-refractivity contribution < 1.29 is 22.7 Å². The topological polar surface area (TPSA) is 97.2 Å². The molecule has 3 heterocycles. The number of carbonyl (C=O) groups excluding carboxylic acids is 1. The summed E-state index contributed by atoms with van der Waals surface area (Å²) in [6.07, 6.45) is 0. The van der Waals surface area contributed by atoms with Crippen LogP contribution in [-0.2, 0) is 10.7 Å². The van der Waals surface area contributed by atoms with Gasteiger partial charge in [0, 0.05) is 17.3 Å². The predicted octanol–water partition coefficient (Wildman–Crippen LogP) is 3.57. The number of esters is 1. The zero-order valence-electron chi connectivity index (χ0n) is 15.8. The lowest BCUT2D eigenvalue weighted by Gasteiger charge is -2.17. The van der Waals surface area contributed by atoms with Crippen LogP contribution in [-0.4, -0.2) is 37.6 Å². The maximum absolute atomic E-state index is 15.1. The summed E-state index contributed by atoms with van der Waals surface area (Å²) < 4.78 is 49.4. The minimum Gasteiger partial charge on any atom is -0.464 e. The van der Waals surface area contributed by atoms with Gasteiger partial charge < -0.3 is 10.1 Å². The Morgan fingerprint density at radius 1 is 1.17 bits per heavy atom. The Morgan fingerprint density at radius 2 is 1.90 bits per heavy atom. The summed E-state index contributed by atoms with van der Waals surface area (Å²) in [7, 11) is 1.20. The highest BCUT2D eigenvalue weighted by Crippen LogP contribution is 2.35. The lowest BCUT2D eigenvalue weighted by molar-refractivity contribution is 0.0330. The van der Waals surface area contributed by atoms with Gasteiger partial charge >= 0.3 is 11.9 Å². The number of methoxy groups -OCH3 is 1. The number of halogens is 3. The van der Waals surface area contributed by atoms with E-state index in [1.165, 1.54) is 23.6 Å². The van der Waals surface area contributed by atoms with Crippen LogP contribution in [0, 0.1) is 12.7 Å². The third-order valence-electron chi connectivity index (χ3n) is 4.33.